The van der Waals surface area contributed by atoms with Crippen molar-refractivity contribution in [1.82, 2.24) is 10.3 Å². The Hall–Kier alpha value is -1.74. The molecule has 0 radical (unpaired) electrons. The molecule has 0 aliphatic carbocycles. The Morgan fingerprint density at radius 3 is 2.58 bits per heavy atom. The van der Waals surface area contributed by atoms with Crippen molar-refractivity contribution in [3.8, 4) is 0 Å². The fourth-order valence-electron chi connectivity index (χ4n) is 2.57. The van der Waals surface area contributed by atoms with Gasteiger partial charge >= 0.3 is 6.18 Å². The second-order valence-corrected chi connectivity index (χ2v) is 5.38. The Morgan fingerprint density at radius 2 is 2.00 bits per heavy atom. The van der Waals surface area contributed by atoms with Gasteiger partial charge in [-0.2, -0.15) is 13.2 Å². The van der Waals surface area contributed by atoms with E-state index in [1.54, 1.807) is 0 Å². The minimum Gasteiger partial charge on any atom is -0.352 e. The summed E-state index contributed by atoms with van der Waals surface area (Å²) >= 11 is 0. The first-order chi connectivity index (χ1) is 11.3. The summed E-state index contributed by atoms with van der Waals surface area (Å²) in [6.07, 6.45) is -2.45. The van der Waals surface area contributed by atoms with Crippen molar-refractivity contribution in [2.75, 3.05) is 19.8 Å². The number of alkyl halides is 3. The number of halogens is 4. The summed E-state index contributed by atoms with van der Waals surface area (Å²) in [5.41, 5.74) is -2.41. The van der Waals surface area contributed by atoms with Gasteiger partial charge in [0, 0.05) is 25.6 Å². The molecule has 24 heavy (non-hydrogen) atoms. The van der Waals surface area contributed by atoms with E-state index in [0.29, 0.717) is 26.1 Å². The highest BCUT2D eigenvalue weighted by molar-refractivity contribution is 5.94. The number of pyridine rings is 1. The summed E-state index contributed by atoms with van der Waals surface area (Å²) in [6, 6.07) is 0.907. The van der Waals surface area contributed by atoms with Crippen molar-refractivity contribution in [1.29, 1.82) is 0 Å². The zero-order valence-electron chi connectivity index (χ0n) is 13.1. The van der Waals surface area contributed by atoms with Crippen LogP contribution < -0.4 is 5.32 Å². The lowest BCUT2D eigenvalue weighted by atomic mass is 10.1. The summed E-state index contributed by atoms with van der Waals surface area (Å²) in [5.74, 6) is -3.42. The Morgan fingerprint density at radius 1 is 1.33 bits per heavy atom. The van der Waals surface area contributed by atoms with Gasteiger partial charge in [-0.05, 0) is 6.07 Å². The molecule has 0 aromatic carbocycles. The molecule has 2 heterocycles. The van der Waals surface area contributed by atoms with E-state index in [9.17, 15) is 22.4 Å². The van der Waals surface area contributed by atoms with Gasteiger partial charge in [0.1, 0.15) is 0 Å². The van der Waals surface area contributed by atoms with Crippen molar-refractivity contribution < 1.29 is 31.8 Å². The molecule has 1 amide bonds. The van der Waals surface area contributed by atoms with Gasteiger partial charge in [0.05, 0.1) is 18.8 Å². The van der Waals surface area contributed by atoms with Gasteiger partial charge < -0.3 is 14.8 Å². The van der Waals surface area contributed by atoms with E-state index in [4.69, 9.17) is 9.47 Å². The second kappa shape index (κ2) is 7.43. The van der Waals surface area contributed by atoms with E-state index >= 15 is 0 Å². The van der Waals surface area contributed by atoms with Crippen molar-refractivity contribution in [2.24, 2.45) is 0 Å². The lowest BCUT2D eigenvalue weighted by Crippen LogP contribution is -2.36. The van der Waals surface area contributed by atoms with Gasteiger partial charge in [-0.1, -0.05) is 13.3 Å². The highest BCUT2D eigenvalue weighted by atomic mass is 19.4. The molecular formula is C15H18F4N2O3. The van der Waals surface area contributed by atoms with Crippen LogP contribution in [0.3, 0.4) is 0 Å². The van der Waals surface area contributed by atoms with Crippen molar-refractivity contribution >= 4 is 5.91 Å². The summed E-state index contributed by atoms with van der Waals surface area (Å²) < 4.78 is 62.8. The van der Waals surface area contributed by atoms with Crippen LogP contribution in [0.25, 0.3) is 0 Å². The molecule has 1 aromatic heterocycles. The molecule has 0 unspecified atom stereocenters. The van der Waals surface area contributed by atoms with E-state index < -0.39 is 34.9 Å². The maximum atomic E-state index is 13.9. The Balaban J connectivity index is 2.00. The average Bonchev–Trinajstić information content (AvgIpc) is 2.95. The maximum absolute atomic E-state index is 13.9. The van der Waals surface area contributed by atoms with Crippen molar-refractivity contribution in [3.05, 3.63) is 29.3 Å². The average molecular weight is 350 g/mol. The third-order valence-electron chi connectivity index (χ3n) is 3.64. The fraction of sp³-hybridized carbons (Fsp3) is 0.600. The molecule has 0 bridgehead atoms. The smallest absolute Gasteiger partial charge is 0.352 e. The number of nitrogens with one attached hydrogen (secondary N) is 1. The molecule has 0 spiro atoms. The van der Waals surface area contributed by atoms with Crippen LogP contribution >= 0.6 is 0 Å². The van der Waals surface area contributed by atoms with Crippen LogP contribution in [0.4, 0.5) is 17.6 Å². The number of carbonyl (C=O) groups is 1. The Labute approximate surface area is 136 Å². The first-order valence-electron chi connectivity index (χ1n) is 7.57. The number of nitrogens with zero attached hydrogens (tertiary/aromatic N) is 1. The van der Waals surface area contributed by atoms with Crippen LogP contribution in [0.15, 0.2) is 12.3 Å². The van der Waals surface area contributed by atoms with Gasteiger partial charge in [0.15, 0.2) is 17.3 Å². The normalized spacial score (nSPS) is 17.0. The van der Waals surface area contributed by atoms with Gasteiger partial charge in [-0.25, -0.2) is 9.37 Å². The van der Waals surface area contributed by atoms with E-state index in [-0.39, 0.29) is 6.54 Å². The molecular weight excluding hydrogens is 332 g/mol. The number of amides is 1. The highest BCUT2D eigenvalue weighted by Crippen LogP contribution is 2.31. The molecule has 1 aromatic rings. The largest absolute Gasteiger partial charge is 0.436 e. The number of aromatic nitrogens is 1. The zero-order valence-corrected chi connectivity index (χ0v) is 13.1. The zero-order chi connectivity index (χ0) is 17.8. The number of hydrogen-bond donors (Lipinski definition) is 1. The molecule has 1 N–H and O–H groups in total. The summed E-state index contributed by atoms with van der Waals surface area (Å²) in [5, 5.41) is 2.39. The van der Waals surface area contributed by atoms with Crippen molar-refractivity contribution in [3.63, 3.8) is 0 Å². The molecule has 9 heteroatoms. The summed E-state index contributed by atoms with van der Waals surface area (Å²) in [4.78, 5) is 14.9. The third kappa shape index (κ3) is 4.21. The standard InChI is InChI=1S/C15H18F4N2O3/c1-2-4-14(23-8-9-24-14)5-7-21-13(22)10-3-6-20-12(11(10)16)15(17,18)19/h3,6H,2,4-5,7-9H2,1H3,(H,21,22). The number of carbonyl (C=O) groups excluding carboxylic acids is 1. The molecule has 1 aliphatic rings. The Bertz CT molecular complexity index is 587. The van der Waals surface area contributed by atoms with Gasteiger partial charge in [-0.15, -0.1) is 0 Å². The molecule has 0 atom stereocenters. The topological polar surface area (TPSA) is 60.5 Å². The van der Waals surface area contributed by atoms with Crippen LogP contribution in [-0.2, 0) is 15.7 Å². The monoisotopic (exact) mass is 350 g/mol. The second-order valence-electron chi connectivity index (χ2n) is 5.38. The van der Waals surface area contributed by atoms with E-state index in [1.165, 1.54) is 0 Å². The summed E-state index contributed by atoms with van der Waals surface area (Å²) in [7, 11) is 0. The quantitative estimate of drug-likeness (QED) is 0.802. The molecule has 2 rings (SSSR count). The first kappa shape index (κ1) is 18.6. The fourth-order valence-corrected chi connectivity index (χ4v) is 2.57. The molecule has 1 aliphatic heterocycles. The lowest BCUT2D eigenvalue weighted by molar-refractivity contribution is -0.165. The van der Waals surface area contributed by atoms with Gasteiger partial charge in [0.25, 0.3) is 5.91 Å². The summed E-state index contributed by atoms with van der Waals surface area (Å²) in [6.45, 7) is 2.93. The van der Waals surface area contributed by atoms with Crippen LogP contribution in [-0.4, -0.2) is 36.4 Å². The SMILES string of the molecule is CCCC1(CCNC(=O)c2ccnc(C(F)(F)F)c2F)OCCO1. The van der Waals surface area contributed by atoms with Gasteiger partial charge in [0.2, 0.25) is 0 Å². The molecule has 134 valence electrons. The molecule has 1 saturated heterocycles. The third-order valence-corrected chi connectivity index (χ3v) is 3.64. The van der Waals surface area contributed by atoms with Crippen LogP contribution in [0.1, 0.15) is 42.2 Å². The van der Waals surface area contributed by atoms with Crippen LogP contribution in [0, 0.1) is 5.82 Å². The van der Waals surface area contributed by atoms with E-state index in [2.05, 4.69) is 10.3 Å². The van der Waals surface area contributed by atoms with E-state index in [0.717, 1.165) is 18.7 Å². The maximum Gasteiger partial charge on any atom is 0.436 e. The number of rotatable bonds is 6. The highest BCUT2D eigenvalue weighted by Gasteiger charge is 2.38. The van der Waals surface area contributed by atoms with Crippen LogP contribution in [0.2, 0.25) is 0 Å². The predicted molar refractivity (Wildman–Crippen MR) is 75.7 cm³/mol. The van der Waals surface area contributed by atoms with Gasteiger partial charge in [-0.3, -0.25) is 4.79 Å². The number of hydrogen-bond acceptors (Lipinski definition) is 4. The molecule has 1 fully saturated rings. The van der Waals surface area contributed by atoms with Crippen molar-refractivity contribution in [2.45, 2.75) is 38.1 Å². The predicted octanol–water partition coefficient (Wildman–Crippen LogP) is 2.90. The minimum atomic E-state index is -4.96. The molecule has 0 saturated carbocycles. The van der Waals surface area contributed by atoms with E-state index in [1.807, 2.05) is 6.92 Å². The number of ether oxygens (including phenoxy) is 2. The molecule has 5 nitrogen and oxygen atoms in total. The van der Waals surface area contributed by atoms with Crippen LogP contribution in [0.5, 0.6) is 0 Å². The minimum absolute atomic E-state index is 0.0853. The lowest BCUT2D eigenvalue weighted by Gasteiger charge is -2.27. The first-order valence-corrected chi connectivity index (χ1v) is 7.57. The Kier molecular flexibility index (Phi) is 5.76.